The van der Waals surface area contributed by atoms with Crippen molar-refractivity contribution in [3.63, 3.8) is 0 Å². The van der Waals surface area contributed by atoms with Gasteiger partial charge >= 0.3 is 0 Å². The Kier molecular flexibility index (Phi) is 4.38. The topological polar surface area (TPSA) is 30.5 Å². The minimum atomic E-state index is -0.0933. The molecule has 1 aliphatic rings. The van der Waals surface area contributed by atoms with Crippen LogP contribution in [-0.2, 0) is 9.47 Å². The second-order valence-corrected chi connectivity index (χ2v) is 5.95. The molecule has 0 aromatic rings. The number of hydrogen-bond donors (Lipinski definition) is 1. The fraction of sp³-hybridized carbons (Fsp3) is 1.00. The Bertz CT molecular complexity index is 226. The summed E-state index contributed by atoms with van der Waals surface area (Å²) in [5.74, 6) is 0. The van der Waals surface area contributed by atoms with Gasteiger partial charge in [0.05, 0.1) is 17.8 Å². The molecule has 16 heavy (non-hydrogen) atoms. The predicted molar refractivity (Wildman–Crippen MR) is 66.7 cm³/mol. The van der Waals surface area contributed by atoms with E-state index in [2.05, 4.69) is 39.9 Å². The van der Waals surface area contributed by atoms with Crippen molar-refractivity contribution in [2.24, 2.45) is 0 Å². The van der Waals surface area contributed by atoms with Crippen molar-refractivity contribution in [3.05, 3.63) is 0 Å². The first-order chi connectivity index (χ1) is 7.27. The van der Waals surface area contributed by atoms with E-state index in [-0.39, 0.29) is 11.2 Å². The van der Waals surface area contributed by atoms with Crippen molar-refractivity contribution in [2.75, 3.05) is 13.2 Å². The van der Waals surface area contributed by atoms with Crippen LogP contribution < -0.4 is 5.32 Å². The molecule has 0 amide bonds. The van der Waals surface area contributed by atoms with Gasteiger partial charge in [-0.05, 0) is 48.0 Å². The van der Waals surface area contributed by atoms with Gasteiger partial charge in [0.1, 0.15) is 0 Å². The smallest absolute Gasteiger partial charge is 0.0787 e. The molecule has 0 bridgehead atoms. The summed E-state index contributed by atoms with van der Waals surface area (Å²) in [4.78, 5) is 0. The monoisotopic (exact) mass is 229 g/mol. The van der Waals surface area contributed by atoms with E-state index in [1.807, 2.05) is 6.92 Å². The number of nitrogens with one attached hydrogen (secondary N) is 1. The van der Waals surface area contributed by atoms with Crippen LogP contribution in [0.25, 0.3) is 0 Å². The lowest BCUT2D eigenvalue weighted by molar-refractivity contribution is -0.0708. The average molecular weight is 229 g/mol. The van der Waals surface area contributed by atoms with Gasteiger partial charge in [0.2, 0.25) is 0 Å². The fourth-order valence-corrected chi connectivity index (χ4v) is 2.51. The Hall–Kier alpha value is -0.120. The first-order valence-corrected chi connectivity index (χ1v) is 6.31. The molecule has 96 valence electrons. The molecule has 0 spiro atoms. The summed E-state index contributed by atoms with van der Waals surface area (Å²) in [5.41, 5.74) is -0.115. The Morgan fingerprint density at radius 3 is 2.44 bits per heavy atom. The quantitative estimate of drug-likeness (QED) is 0.785. The average Bonchev–Trinajstić information content (AvgIpc) is 2.31. The van der Waals surface area contributed by atoms with E-state index in [4.69, 9.17) is 9.47 Å². The maximum atomic E-state index is 6.05. The second-order valence-electron chi connectivity index (χ2n) is 5.95. The highest BCUT2D eigenvalue weighted by molar-refractivity contribution is 4.99. The van der Waals surface area contributed by atoms with Crippen LogP contribution in [0.4, 0.5) is 0 Å². The highest BCUT2D eigenvalue weighted by Crippen LogP contribution is 2.37. The van der Waals surface area contributed by atoms with Crippen molar-refractivity contribution >= 4 is 0 Å². The van der Waals surface area contributed by atoms with Gasteiger partial charge in [0.25, 0.3) is 0 Å². The summed E-state index contributed by atoms with van der Waals surface area (Å²) >= 11 is 0. The largest absolute Gasteiger partial charge is 0.380 e. The zero-order valence-corrected chi connectivity index (χ0v) is 11.6. The van der Waals surface area contributed by atoms with Crippen LogP contribution in [0.2, 0.25) is 0 Å². The predicted octanol–water partition coefficient (Wildman–Crippen LogP) is 2.35. The summed E-state index contributed by atoms with van der Waals surface area (Å²) in [6.45, 7) is 14.4. The van der Waals surface area contributed by atoms with E-state index in [9.17, 15) is 0 Å². The van der Waals surface area contributed by atoms with E-state index >= 15 is 0 Å². The second kappa shape index (κ2) is 5.03. The first-order valence-electron chi connectivity index (χ1n) is 6.31. The molecule has 1 rings (SSSR count). The zero-order valence-electron chi connectivity index (χ0n) is 11.6. The van der Waals surface area contributed by atoms with Gasteiger partial charge in [-0.25, -0.2) is 0 Å². The first kappa shape index (κ1) is 13.9. The van der Waals surface area contributed by atoms with Crippen LogP contribution in [0.1, 0.15) is 48.0 Å². The van der Waals surface area contributed by atoms with E-state index < -0.39 is 0 Å². The molecule has 1 heterocycles. The van der Waals surface area contributed by atoms with E-state index in [1.54, 1.807) is 0 Å². The molecule has 0 saturated carbocycles. The summed E-state index contributed by atoms with van der Waals surface area (Å²) < 4.78 is 11.5. The standard InChI is InChI=1S/C13H27NO2/c1-7-15-9-10(2)14-11-8-12(3,4)16-13(11,5)6/h10-11,14H,7-9H2,1-6H3. The van der Waals surface area contributed by atoms with Crippen molar-refractivity contribution in [1.29, 1.82) is 0 Å². The lowest BCUT2D eigenvalue weighted by Gasteiger charge is -2.30. The Labute approximate surface area is 99.9 Å². The van der Waals surface area contributed by atoms with Crippen molar-refractivity contribution in [1.82, 2.24) is 5.32 Å². The molecule has 0 aliphatic carbocycles. The molecular formula is C13H27NO2. The van der Waals surface area contributed by atoms with E-state index in [0.29, 0.717) is 12.1 Å². The van der Waals surface area contributed by atoms with Gasteiger partial charge in [0, 0.05) is 18.7 Å². The Balaban J connectivity index is 2.48. The number of rotatable bonds is 5. The molecule has 2 atom stereocenters. The molecule has 0 radical (unpaired) electrons. The normalized spacial score (nSPS) is 29.2. The molecule has 0 aromatic carbocycles. The molecule has 0 aromatic heterocycles. The summed E-state index contributed by atoms with van der Waals surface area (Å²) in [6.07, 6.45) is 1.05. The lowest BCUT2D eigenvalue weighted by atomic mass is 9.94. The lowest BCUT2D eigenvalue weighted by Crippen LogP contribution is -2.48. The SMILES string of the molecule is CCOCC(C)NC1CC(C)(C)OC1(C)C. The van der Waals surface area contributed by atoms with Crippen LogP contribution in [0.15, 0.2) is 0 Å². The van der Waals surface area contributed by atoms with Crippen LogP contribution >= 0.6 is 0 Å². The molecule has 3 nitrogen and oxygen atoms in total. The van der Waals surface area contributed by atoms with Crippen molar-refractivity contribution < 1.29 is 9.47 Å². The molecule has 2 unspecified atom stereocenters. The third-order valence-corrected chi connectivity index (χ3v) is 3.13. The third kappa shape index (κ3) is 3.72. The molecular weight excluding hydrogens is 202 g/mol. The maximum absolute atomic E-state index is 6.05. The van der Waals surface area contributed by atoms with Crippen LogP contribution in [-0.4, -0.2) is 36.5 Å². The minimum absolute atomic E-state index is 0.0213. The highest BCUT2D eigenvalue weighted by atomic mass is 16.5. The van der Waals surface area contributed by atoms with Crippen LogP contribution in [0, 0.1) is 0 Å². The summed E-state index contributed by atoms with van der Waals surface area (Å²) in [5, 5.41) is 3.61. The summed E-state index contributed by atoms with van der Waals surface area (Å²) in [7, 11) is 0. The van der Waals surface area contributed by atoms with E-state index in [1.165, 1.54) is 0 Å². The molecule has 1 aliphatic heterocycles. The van der Waals surface area contributed by atoms with Gasteiger partial charge in [-0.15, -0.1) is 0 Å². The molecule has 1 saturated heterocycles. The van der Waals surface area contributed by atoms with Crippen LogP contribution in [0.3, 0.4) is 0 Å². The molecule has 3 heteroatoms. The highest BCUT2D eigenvalue weighted by Gasteiger charge is 2.45. The van der Waals surface area contributed by atoms with Gasteiger partial charge in [-0.2, -0.15) is 0 Å². The Morgan fingerprint density at radius 2 is 2.00 bits per heavy atom. The summed E-state index contributed by atoms with van der Waals surface area (Å²) in [6, 6.07) is 0.777. The Morgan fingerprint density at radius 1 is 1.38 bits per heavy atom. The van der Waals surface area contributed by atoms with Gasteiger partial charge < -0.3 is 14.8 Å². The molecule has 1 N–H and O–H groups in total. The number of ether oxygens (including phenoxy) is 2. The van der Waals surface area contributed by atoms with Crippen LogP contribution in [0.5, 0.6) is 0 Å². The third-order valence-electron chi connectivity index (χ3n) is 3.13. The van der Waals surface area contributed by atoms with Crippen molar-refractivity contribution in [3.8, 4) is 0 Å². The zero-order chi connectivity index (χ0) is 12.4. The van der Waals surface area contributed by atoms with Crippen molar-refractivity contribution in [2.45, 2.75) is 71.2 Å². The van der Waals surface area contributed by atoms with Gasteiger partial charge in [-0.3, -0.25) is 0 Å². The maximum Gasteiger partial charge on any atom is 0.0787 e. The van der Waals surface area contributed by atoms with E-state index in [0.717, 1.165) is 19.6 Å². The minimum Gasteiger partial charge on any atom is -0.380 e. The van der Waals surface area contributed by atoms with Gasteiger partial charge in [0.15, 0.2) is 0 Å². The van der Waals surface area contributed by atoms with Gasteiger partial charge in [-0.1, -0.05) is 0 Å². The number of hydrogen-bond acceptors (Lipinski definition) is 3. The fourth-order valence-electron chi connectivity index (χ4n) is 2.51. The molecule has 1 fully saturated rings.